The number of quaternary nitrogens is 1. The number of aliphatic hydroxyl groups is 1. The first-order valence-electron chi connectivity index (χ1n) is 8.64. The Morgan fingerprint density at radius 2 is 1.74 bits per heavy atom. The van der Waals surface area contributed by atoms with Gasteiger partial charge >= 0.3 is 0 Å². The van der Waals surface area contributed by atoms with E-state index >= 15 is 0 Å². The van der Waals surface area contributed by atoms with E-state index in [1.54, 1.807) is 0 Å². The molecule has 1 fully saturated rings. The molecule has 23 heavy (non-hydrogen) atoms. The molecule has 4 heteroatoms. The van der Waals surface area contributed by atoms with Crippen molar-refractivity contribution in [1.82, 2.24) is 0 Å². The molecule has 130 valence electrons. The zero-order chi connectivity index (χ0) is 17.0. The lowest BCUT2D eigenvalue weighted by Crippen LogP contribution is -3.16. The highest BCUT2D eigenvalue weighted by molar-refractivity contribution is 5.31. The molecule has 1 heterocycles. The second-order valence-corrected chi connectivity index (χ2v) is 7.86. The highest BCUT2D eigenvalue weighted by Crippen LogP contribution is 2.24. The molecule has 0 aliphatic carbocycles. The summed E-state index contributed by atoms with van der Waals surface area (Å²) in [4.78, 5) is 1.38. The van der Waals surface area contributed by atoms with Crippen LogP contribution in [-0.4, -0.2) is 49.7 Å². The summed E-state index contributed by atoms with van der Waals surface area (Å²) >= 11 is 0. The zero-order valence-corrected chi connectivity index (χ0v) is 15.1. The fourth-order valence-electron chi connectivity index (χ4n) is 3.19. The number of hydrogen-bond donors (Lipinski definition) is 2. The lowest BCUT2D eigenvalue weighted by atomic mass is 9.87. The summed E-state index contributed by atoms with van der Waals surface area (Å²) in [6.45, 7) is 13.7. The Morgan fingerprint density at radius 3 is 2.26 bits per heavy atom. The van der Waals surface area contributed by atoms with Gasteiger partial charge in [-0.05, 0) is 37.0 Å². The van der Waals surface area contributed by atoms with Gasteiger partial charge in [0, 0.05) is 0 Å². The van der Waals surface area contributed by atoms with Gasteiger partial charge < -0.3 is 19.5 Å². The van der Waals surface area contributed by atoms with E-state index in [0.717, 1.165) is 18.8 Å². The van der Waals surface area contributed by atoms with Gasteiger partial charge in [-0.2, -0.15) is 0 Å². The van der Waals surface area contributed by atoms with Gasteiger partial charge in [-0.25, -0.2) is 0 Å². The molecule has 2 N–H and O–H groups in total. The van der Waals surface area contributed by atoms with Crippen molar-refractivity contribution in [2.45, 2.75) is 58.3 Å². The molecule has 2 rings (SSSR count). The lowest BCUT2D eigenvalue weighted by Gasteiger charge is -2.33. The minimum Gasteiger partial charge on any atom is -0.491 e. The van der Waals surface area contributed by atoms with E-state index in [2.05, 4.69) is 46.8 Å². The minimum atomic E-state index is -0.454. The standard InChI is InChI=1S/C19H31NO3/c1-14-10-20(11-15(2)23-14)12-17(21)13-22-18-8-6-16(7-9-18)19(3,4)5/h6-9,14-15,17,21H,10-13H2,1-5H3/p+1/t14-,15+,17-/m0/s1. The van der Waals surface area contributed by atoms with Crippen molar-refractivity contribution in [2.75, 3.05) is 26.2 Å². The van der Waals surface area contributed by atoms with E-state index in [9.17, 15) is 5.11 Å². The maximum atomic E-state index is 10.2. The van der Waals surface area contributed by atoms with Crippen LogP contribution in [0.2, 0.25) is 0 Å². The first-order valence-corrected chi connectivity index (χ1v) is 8.64. The Labute approximate surface area is 140 Å². The smallest absolute Gasteiger partial charge is 0.137 e. The SMILES string of the molecule is C[C@@H]1C[NH+](C[C@H](O)COc2ccc(C(C)(C)C)cc2)C[C@H](C)O1. The molecule has 1 saturated heterocycles. The average molecular weight is 322 g/mol. The Balaban J connectivity index is 1.79. The van der Waals surface area contributed by atoms with Crippen LogP contribution < -0.4 is 9.64 Å². The van der Waals surface area contributed by atoms with Crippen molar-refractivity contribution in [1.29, 1.82) is 0 Å². The fraction of sp³-hybridized carbons (Fsp3) is 0.684. The molecule has 1 aliphatic rings. The molecule has 1 aromatic carbocycles. The van der Waals surface area contributed by atoms with E-state index in [-0.39, 0.29) is 17.6 Å². The highest BCUT2D eigenvalue weighted by Gasteiger charge is 2.27. The highest BCUT2D eigenvalue weighted by atomic mass is 16.5. The Hall–Kier alpha value is -1.10. The maximum Gasteiger partial charge on any atom is 0.137 e. The van der Waals surface area contributed by atoms with Gasteiger partial charge in [0.1, 0.15) is 50.3 Å². The van der Waals surface area contributed by atoms with Crippen molar-refractivity contribution in [2.24, 2.45) is 0 Å². The molecule has 4 atom stereocenters. The van der Waals surface area contributed by atoms with E-state index in [4.69, 9.17) is 9.47 Å². The maximum absolute atomic E-state index is 10.2. The molecular formula is C19H32NO3+. The predicted octanol–water partition coefficient (Wildman–Crippen LogP) is 1.42. The van der Waals surface area contributed by atoms with E-state index < -0.39 is 6.10 Å². The summed E-state index contributed by atoms with van der Waals surface area (Å²) in [6, 6.07) is 8.16. The van der Waals surface area contributed by atoms with Crippen molar-refractivity contribution >= 4 is 0 Å². The molecule has 0 aromatic heterocycles. The zero-order valence-electron chi connectivity index (χ0n) is 15.1. The Bertz CT molecular complexity index is 470. The quantitative estimate of drug-likeness (QED) is 0.861. The lowest BCUT2D eigenvalue weighted by molar-refractivity contribution is -0.918. The third-order valence-electron chi connectivity index (χ3n) is 4.30. The van der Waals surface area contributed by atoms with Gasteiger partial charge in [-0.15, -0.1) is 0 Å². The second-order valence-electron chi connectivity index (χ2n) is 7.86. The van der Waals surface area contributed by atoms with Crippen LogP contribution in [-0.2, 0) is 10.2 Å². The van der Waals surface area contributed by atoms with Gasteiger partial charge in [-0.3, -0.25) is 0 Å². The van der Waals surface area contributed by atoms with Crippen LogP contribution in [0, 0.1) is 0 Å². The molecule has 0 saturated carbocycles. The molecule has 0 radical (unpaired) electrons. The normalized spacial score (nSPS) is 26.8. The van der Waals surface area contributed by atoms with Gasteiger partial charge in [0.25, 0.3) is 0 Å². The molecule has 4 nitrogen and oxygen atoms in total. The summed E-state index contributed by atoms with van der Waals surface area (Å²) in [5, 5.41) is 10.2. The van der Waals surface area contributed by atoms with Crippen molar-refractivity contribution in [3.63, 3.8) is 0 Å². The van der Waals surface area contributed by atoms with Crippen LogP contribution in [0.25, 0.3) is 0 Å². The van der Waals surface area contributed by atoms with E-state index in [1.165, 1.54) is 10.5 Å². The predicted molar refractivity (Wildman–Crippen MR) is 92.2 cm³/mol. The van der Waals surface area contributed by atoms with E-state index in [1.807, 2.05) is 12.1 Å². The van der Waals surface area contributed by atoms with Crippen LogP contribution in [0.4, 0.5) is 0 Å². The Kier molecular flexibility index (Phi) is 6.06. The number of benzene rings is 1. The largest absolute Gasteiger partial charge is 0.491 e. The number of ether oxygens (including phenoxy) is 2. The van der Waals surface area contributed by atoms with Crippen LogP contribution in [0.3, 0.4) is 0 Å². The Morgan fingerprint density at radius 1 is 1.17 bits per heavy atom. The number of hydrogen-bond acceptors (Lipinski definition) is 3. The molecule has 1 unspecified atom stereocenters. The van der Waals surface area contributed by atoms with Crippen LogP contribution in [0.5, 0.6) is 5.75 Å². The van der Waals surface area contributed by atoms with Crippen LogP contribution in [0.15, 0.2) is 24.3 Å². The summed E-state index contributed by atoms with van der Waals surface area (Å²) in [5.41, 5.74) is 1.43. The number of nitrogens with one attached hydrogen (secondary N) is 1. The van der Waals surface area contributed by atoms with Gasteiger partial charge in [0.15, 0.2) is 0 Å². The third kappa shape index (κ3) is 5.79. The van der Waals surface area contributed by atoms with Gasteiger partial charge in [0.05, 0.1) is 0 Å². The van der Waals surface area contributed by atoms with E-state index in [0.29, 0.717) is 13.2 Å². The van der Waals surface area contributed by atoms with Gasteiger partial charge in [-0.1, -0.05) is 32.9 Å². The number of rotatable bonds is 5. The molecule has 0 amide bonds. The number of morpholine rings is 1. The summed E-state index contributed by atoms with van der Waals surface area (Å²) in [6.07, 6.45) is 0.0587. The van der Waals surface area contributed by atoms with Crippen LogP contribution in [0.1, 0.15) is 40.2 Å². The first-order chi connectivity index (χ1) is 10.7. The van der Waals surface area contributed by atoms with Crippen molar-refractivity contribution in [3.05, 3.63) is 29.8 Å². The second kappa shape index (κ2) is 7.65. The summed E-state index contributed by atoms with van der Waals surface area (Å²) < 4.78 is 11.5. The molecular weight excluding hydrogens is 290 g/mol. The van der Waals surface area contributed by atoms with Gasteiger partial charge in [0.2, 0.25) is 0 Å². The molecule has 1 aliphatic heterocycles. The first kappa shape index (κ1) is 18.2. The minimum absolute atomic E-state index is 0.144. The average Bonchev–Trinajstić information content (AvgIpc) is 2.43. The summed E-state index contributed by atoms with van der Waals surface area (Å²) in [7, 11) is 0. The topological polar surface area (TPSA) is 43.1 Å². The molecule has 0 spiro atoms. The monoisotopic (exact) mass is 322 g/mol. The fourth-order valence-corrected chi connectivity index (χ4v) is 3.19. The summed E-state index contributed by atoms with van der Waals surface area (Å²) in [5.74, 6) is 0.816. The third-order valence-corrected chi connectivity index (χ3v) is 4.30. The molecule has 1 aromatic rings. The number of aliphatic hydroxyl groups excluding tert-OH is 1. The van der Waals surface area contributed by atoms with Crippen molar-refractivity contribution in [3.8, 4) is 5.75 Å². The van der Waals surface area contributed by atoms with Crippen molar-refractivity contribution < 1.29 is 19.5 Å². The molecule has 0 bridgehead atoms. The van der Waals surface area contributed by atoms with Crippen LogP contribution >= 0.6 is 0 Å².